The maximum absolute atomic E-state index is 12.9. The number of primary amides is 1. The molecule has 1 heterocycles. The number of carbonyl (C=O) groups is 1. The van der Waals surface area contributed by atoms with Crippen LogP contribution in [0.25, 0.3) is 0 Å². The van der Waals surface area contributed by atoms with Crippen molar-refractivity contribution in [3.8, 4) is 0 Å². The van der Waals surface area contributed by atoms with Crippen LogP contribution in [-0.4, -0.2) is 36.5 Å². The van der Waals surface area contributed by atoms with E-state index in [2.05, 4.69) is 17.0 Å². The van der Waals surface area contributed by atoms with Crippen LogP contribution in [0.4, 0.5) is 0 Å². The third-order valence-corrected chi connectivity index (χ3v) is 6.31. The molecule has 0 spiro atoms. The van der Waals surface area contributed by atoms with Gasteiger partial charge in [-0.1, -0.05) is 91.0 Å². The lowest BCUT2D eigenvalue weighted by molar-refractivity contribution is -0.122. The number of rotatable bonds is 9. The zero-order chi connectivity index (χ0) is 21.5. The second kappa shape index (κ2) is 9.90. The summed E-state index contributed by atoms with van der Waals surface area (Å²) in [4.78, 5) is 15.3. The van der Waals surface area contributed by atoms with E-state index in [1.54, 1.807) is 0 Å². The van der Waals surface area contributed by atoms with Crippen molar-refractivity contribution in [2.75, 3.05) is 19.6 Å². The molecule has 0 bridgehead atoms. The normalized spacial score (nSPS) is 17.0. The Morgan fingerprint density at radius 2 is 1.45 bits per heavy atom. The van der Waals surface area contributed by atoms with Gasteiger partial charge in [0.2, 0.25) is 5.91 Å². The zero-order valence-electron chi connectivity index (χ0n) is 17.8. The topological polar surface area (TPSA) is 55.6 Å². The van der Waals surface area contributed by atoms with Crippen LogP contribution in [0.3, 0.4) is 0 Å². The molecule has 1 saturated heterocycles. The fourth-order valence-corrected chi connectivity index (χ4v) is 4.56. The SMILES string of the molecule is NC(=O)C(CCN1CCC(OCc2ccccc2)C1)(c1ccccc1)c1ccccc1. The molecule has 160 valence electrons. The highest BCUT2D eigenvalue weighted by molar-refractivity contribution is 5.90. The number of hydrogen-bond donors (Lipinski definition) is 1. The Balaban J connectivity index is 1.45. The molecule has 31 heavy (non-hydrogen) atoms. The molecule has 0 aliphatic carbocycles. The van der Waals surface area contributed by atoms with Crippen LogP contribution >= 0.6 is 0 Å². The minimum absolute atomic E-state index is 0.219. The summed E-state index contributed by atoms with van der Waals surface area (Å²) in [6.07, 6.45) is 1.87. The molecule has 4 nitrogen and oxygen atoms in total. The second-order valence-corrected chi connectivity index (χ2v) is 8.26. The average molecular weight is 415 g/mol. The Labute approximate surface area is 184 Å². The summed E-state index contributed by atoms with van der Waals surface area (Å²) in [6, 6.07) is 30.1. The molecule has 1 atom stereocenters. The van der Waals surface area contributed by atoms with Crippen LogP contribution in [0.5, 0.6) is 0 Å². The van der Waals surface area contributed by atoms with Gasteiger partial charge in [-0.3, -0.25) is 4.79 Å². The summed E-state index contributed by atoms with van der Waals surface area (Å²) in [7, 11) is 0. The predicted molar refractivity (Wildman–Crippen MR) is 124 cm³/mol. The molecule has 4 rings (SSSR count). The highest BCUT2D eigenvalue weighted by Gasteiger charge is 2.40. The van der Waals surface area contributed by atoms with Gasteiger partial charge in [0.05, 0.1) is 18.1 Å². The second-order valence-electron chi connectivity index (χ2n) is 8.26. The van der Waals surface area contributed by atoms with Crippen molar-refractivity contribution >= 4 is 5.91 Å². The number of amides is 1. The lowest BCUT2D eigenvalue weighted by Crippen LogP contribution is -2.44. The average Bonchev–Trinajstić information content (AvgIpc) is 3.28. The first kappa shape index (κ1) is 21.3. The van der Waals surface area contributed by atoms with Crippen LogP contribution < -0.4 is 5.73 Å². The first-order valence-electron chi connectivity index (χ1n) is 11.0. The van der Waals surface area contributed by atoms with Gasteiger partial charge in [-0.25, -0.2) is 0 Å². The summed E-state index contributed by atoms with van der Waals surface area (Å²) in [6.45, 7) is 3.28. The van der Waals surface area contributed by atoms with Gasteiger partial charge in [-0.2, -0.15) is 0 Å². The standard InChI is InChI=1S/C27H30N2O2/c28-26(30)27(23-12-6-2-7-13-23,24-14-8-3-9-15-24)17-19-29-18-16-25(20-29)31-21-22-10-4-1-5-11-22/h1-15,25H,16-21H2,(H2,28,30). The fourth-order valence-electron chi connectivity index (χ4n) is 4.56. The van der Waals surface area contributed by atoms with E-state index in [1.165, 1.54) is 5.56 Å². The van der Waals surface area contributed by atoms with Crippen molar-refractivity contribution in [2.45, 2.75) is 31.0 Å². The predicted octanol–water partition coefficient (Wildman–Crippen LogP) is 4.14. The molecule has 1 amide bonds. The number of likely N-dealkylation sites (tertiary alicyclic amines) is 1. The number of carbonyl (C=O) groups excluding carboxylic acids is 1. The van der Waals surface area contributed by atoms with Gasteiger partial charge in [0.25, 0.3) is 0 Å². The third-order valence-electron chi connectivity index (χ3n) is 6.31. The quantitative estimate of drug-likeness (QED) is 0.573. The number of hydrogen-bond acceptors (Lipinski definition) is 3. The van der Waals surface area contributed by atoms with Crippen molar-refractivity contribution in [2.24, 2.45) is 5.73 Å². The molecular formula is C27H30N2O2. The summed E-state index contributed by atoms with van der Waals surface area (Å²) in [5.74, 6) is -0.305. The number of nitrogens with two attached hydrogens (primary N) is 1. The highest BCUT2D eigenvalue weighted by atomic mass is 16.5. The Kier molecular flexibility index (Phi) is 6.80. The number of benzene rings is 3. The lowest BCUT2D eigenvalue weighted by atomic mass is 9.71. The zero-order valence-corrected chi connectivity index (χ0v) is 17.8. The summed E-state index contributed by atoms with van der Waals surface area (Å²) in [5.41, 5.74) is 8.33. The van der Waals surface area contributed by atoms with Crippen LogP contribution in [0, 0.1) is 0 Å². The minimum Gasteiger partial charge on any atom is -0.372 e. The molecule has 4 heteroatoms. The molecule has 1 aliphatic heterocycles. The maximum atomic E-state index is 12.9. The van der Waals surface area contributed by atoms with Crippen molar-refractivity contribution in [3.05, 3.63) is 108 Å². The van der Waals surface area contributed by atoms with Gasteiger partial charge in [0, 0.05) is 13.1 Å². The van der Waals surface area contributed by atoms with Crippen LogP contribution in [0.2, 0.25) is 0 Å². The summed E-state index contributed by atoms with van der Waals surface area (Å²) < 4.78 is 6.13. The first-order valence-corrected chi connectivity index (χ1v) is 11.0. The summed E-state index contributed by atoms with van der Waals surface area (Å²) >= 11 is 0. The molecule has 0 radical (unpaired) electrons. The molecule has 3 aromatic rings. The van der Waals surface area contributed by atoms with E-state index in [-0.39, 0.29) is 12.0 Å². The molecule has 0 aromatic heterocycles. The van der Waals surface area contributed by atoms with Crippen molar-refractivity contribution in [3.63, 3.8) is 0 Å². The monoisotopic (exact) mass is 414 g/mol. The molecule has 3 aromatic carbocycles. The van der Waals surface area contributed by atoms with Gasteiger partial charge in [-0.15, -0.1) is 0 Å². The molecule has 1 unspecified atom stereocenters. The lowest BCUT2D eigenvalue weighted by Gasteiger charge is -2.33. The Morgan fingerprint density at radius 3 is 2.00 bits per heavy atom. The van der Waals surface area contributed by atoms with Crippen molar-refractivity contribution < 1.29 is 9.53 Å². The van der Waals surface area contributed by atoms with E-state index in [1.807, 2.05) is 78.9 Å². The minimum atomic E-state index is -0.842. The van der Waals surface area contributed by atoms with E-state index in [0.29, 0.717) is 13.0 Å². The maximum Gasteiger partial charge on any atom is 0.232 e. The Morgan fingerprint density at radius 1 is 0.903 bits per heavy atom. The molecule has 2 N–H and O–H groups in total. The van der Waals surface area contributed by atoms with Crippen LogP contribution in [-0.2, 0) is 21.6 Å². The van der Waals surface area contributed by atoms with Gasteiger partial charge in [-0.05, 0) is 36.1 Å². The molecule has 1 fully saturated rings. The van der Waals surface area contributed by atoms with E-state index >= 15 is 0 Å². The molecular weight excluding hydrogens is 384 g/mol. The number of ether oxygens (including phenoxy) is 1. The largest absolute Gasteiger partial charge is 0.372 e. The molecule has 1 aliphatic rings. The molecule has 0 saturated carbocycles. The van der Waals surface area contributed by atoms with E-state index in [4.69, 9.17) is 10.5 Å². The highest BCUT2D eigenvalue weighted by Crippen LogP contribution is 2.36. The van der Waals surface area contributed by atoms with Crippen molar-refractivity contribution in [1.29, 1.82) is 0 Å². The van der Waals surface area contributed by atoms with Gasteiger partial charge in [0.15, 0.2) is 0 Å². The van der Waals surface area contributed by atoms with Crippen molar-refractivity contribution in [1.82, 2.24) is 4.90 Å². The van der Waals surface area contributed by atoms with Gasteiger partial charge < -0.3 is 15.4 Å². The van der Waals surface area contributed by atoms with Gasteiger partial charge in [0.1, 0.15) is 0 Å². The Bertz CT molecular complexity index is 921. The summed E-state index contributed by atoms with van der Waals surface area (Å²) in [5, 5.41) is 0. The third kappa shape index (κ3) is 4.87. The smallest absolute Gasteiger partial charge is 0.232 e. The van der Waals surface area contributed by atoms with E-state index in [9.17, 15) is 4.79 Å². The van der Waals surface area contributed by atoms with E-state index in [0.717, 1.165) is 37.2 Å². The first-order chi connectivity index (χ1) is 15.2. The van der Waals surface area contributed by atoms with Crippen LogP contribution in [0.15, 0.2) is 91.0 Å². The number of nitrogens with zero attached hydrogens (tertiary/aromatic N) is 1. The van der Waals surface area contributed by atoms with E-state index < -0.39 is 5.41 Å². The van der Waals surface area contributed by atoms with Crippen LogP contribution in [0.1, 0.15) is 29.5 Å². The fraction of sp³-hybridized carbons (Fsp3) is 0.296. The Hall–Kier alpha value is -2.95. The van der Waals surface area contributed by atoms with Gasteiger partial charge >= 0.3 is 0 Å².